The zero-order valence-electron chi connectivity index (χ0n) is 11.8. The summed E-state index contributed by atoms with van der Waals surface area (Å²) in [7, 11) is 0. The normalized spacial score (nSPS) is 27.4. The SMILES string of the molecule is CSc1nc(C(=O)N[C@@H]2C[C@H]3CC[C@@H]2N3)cc2ccsc12. The number of aromatic nitrogens is 1. The Labute approximate surface area is 131 Å². The van der Waals surface area contributed by atoms with Crippen LogP contribution in [-0.2, 0) is 0 Å². The number of amides is 1. The average molecular weight is 319 g/mol. The zero-order chi connectivity index (χ0) is 14.4. The number of pyridine rings is 1. The van der Waals surface area contributed by atoms with E-state index in [4.69, 9.17) is 0 Å². The fraction of sp³-hybridized carbons (Fsp3) is 0.467. The van der Waals surface area contributed by atoms with Gasteiger partial charge < -0.3 is 10.6 Å². The molecule has 21 heavy (non-hydrogen) atoms. The van der Waals surface area contributed by atoms with Crippen molar-refractivity contribution in [3.63, 3.8) is 0 Å². The maximum absolute atomic E-state index is 12.5. The van der Waals surface area contributed by atoms with Crippen LogP contribution in [0.2, 0.25) is 0 Å². The summed E-state index contributed by atoms with van der Waals surface area (Å²) >= 11 is 3.27. The molecule has 2 bridgehead atoms. The molecule has 2 saturated heterocycles. The molecule has 0 unspecified atom stereocenters. The van der Waals surface area contributed by atoms with Crippen LogP contribution in [0.15, 0.2) is 22.5 Å². The summed E-state index contributed by atoms with van der Waals surface area (Å²) in [5.74, 6) is -0.0437. The van der Waals surface area contributed by atoms with Crippen LogP contribution < -0.4 is 10.6 Å². The monoisotopic (exact) mass is 319 g/mol. The van der Waals surface area contributed by atoms with Crippen molar-refractivity contribution in [3.05, 3.63) is 23.2 Å². The van der Waals surface area contributed by atoms with Crippen LogP contribution >= 0.6 is 23.1 Å². The van der Waals surface area contributed by atoms with E-state index in [1.54, 1.807) is 23.1 Å². The Bertz CT molecular complexity index is 699. The van der Waals surface area contributed by atoms with Crippen molar-refractivity contribution < 1.29 is 4.79 Å². The van der Waals surface area contributed by atoms with E-state index in [0.717, 1.165) is 16.8 Å². The number of hydrogen-bond donors (Lipinski definition) is 2. The first-order valence-electron chi connectivity index (χ1n) is 7.24. The first kappa shape index (κ1) is 13.5. The molecule has 4 nitrogen and oxygen atoms in total. The molecule has 0 radical (unpaired) electrons. The van der Waals surface area contributed by atoms with Crippen LogP contribution in [0.25, 0.3) is 10.1 Å². The number of carbonyl (C=O) groups is 1. The predicted molar refractivity (Wildman–Crippen MR) is 87.2 cm³/mol. The van der Waals surface area contributed by atoms with E-state index in [2.05, 4.69) is 21.7 Å². The molecule has 1 amide bonds. The Kier molecular flexibility index (Phi) is 3.40. The molecule has 2 aromatic heterocycles. The largest absolute Gasteiger partial charge is 0.346 e. The Balaban J connectivity index is 1.59. The number of thioether (sulfide) groups is 1. The second-order valence-corrected chi connectivity index (χ2v) is 7.43. The second-order valence-electron chi connectivity index (χ2n) is 5.72. The van der Waals surface area contributed by atoms with Gasteiger partial charge in [-0.3, -0.25) is 4.79 Å². The third-order valence-electron chi connectivity index (χ3n) is 4.45. The van der Waals surface area contributed by atoms with E-state index in [9.17, 15) is 4.79 Å². The lowest BCUT2D eigenvalue weighted by atomic mass is 9.95. The first-order chi connectivity index (χ1) is 10.2. The zero-order valence-corrected chi connectivity index (χ0v) is 13.4. The summed E-state index contributed by atoms with van der Waals surface area (Å²) in [5, 5.41) is 10.8. The fourth-order valence-corrected chi connectivity index (χ4v) is 5.07. The van der Waals surface area contributed by atoms with Gasteiger partial charge in [0, 0.05) is 18.1 Å². The molecule has 0 saturated carbocycles. The average Bonchev–Trinajstić information content (AvgIpc) is 3.21. The molecule has 2 aliphatic rings. The highest BCUT2D eigenvalue weighted by Crippen LogP contribution is 2.31. The highest BCUT2D eigenvalue weighted by atomic mass is 32.2. The highest BCUT2D eigenvalue weighted by Gasteiger charge is 2.39. The van der Waals surface area contributed by atoms with E-state index in [-0.39, 0.29) is 11.9 Å². The van der Waals surface area contributed by atoms with E-state index in [1.165, 1.54) is 17.5 Å². The van der Waals surface area contributed by atoms with Crippen LogP contribution in [0.3, 0.4) is 0 Å². The van der Waals surface area contributed by atoms with Crippen LogP contribution in [0.1, 0.15) is 29.8 Å². The van der Waals surface area contributed by atoms with Crippen LogP contribution in [0.4, 0.5) is 0 Å². The van der Waals surface area contributed by atoms with Crippen LogP contribution in [0.5, 0.6) is 0 Å². The van der Waals surface area contributed by atoms with E-state index in [0.29, 0.717) is 17.8 Å². The maximum atomic E-state index is 12.5. The lowest BCUT2D eigenvalue weighted by Crippen LogP contribution is -2.43. The van der Waals surface area contributed by atoms with E-state index in [1.807, 2.05) is 17.7 Å². The molecule has 2 N–H and O–H groups in total. The van der Waals surface area contributed by atoms with Crippen molar-refractivity contribution >= 4 is 39.1 Å². The molecule has 4 rings (SSSR count). The third-order valence-corrected chi connectivity index (χ3v) is 6.19. The molecule has 0 aliphatic carbocycles. The quantitative estimate of drug-likeness (QED) is 0.854. The van der Waals surface area contributed by atoms with E-state index >= 15 is 0 Å². The highest BCUT2D eigenvalue weighted by molar-refractivity contribution is 7.98. The van der Waals surface area contributed by atoms with Gasteiger partial charge in [-0.05, 0) is 48.4 Å². The van der Waals surface area contributed by atoms with Gasteiger partial charge >= 0.3 is 0 Å². The van der Waals surface area contributed by atoms with Crippen molar-refractivity contribution in [1.82, 2.24) is 15.6 Å². The van der Waals surface area contributed by atoms with Gasteiger partial charge in [-0.2, -0.15) is 0 Å². The maximum Gasteiger partial charge on any atom is 0.270 e. The number of thiophene rings is 1. The van der Waals surface area contributed by atoms with Crippen molar-refractivity contribution in [2.24, 2.45) is 0 Å². The second kappa shape index (κ2) is 5.26. The minimum absolute atomic E-state index is 0.0437. The van der Waals surface area contributed by atoms with Crippen LogP contribution in [0, 0.1) is 0 Å². The molecule has 0 spiro atoms. The Morgan fingerprint density at radius 2 is 2.43 bits per heavy atom. The topological polar surface area (TPSA) is 54.0 Å². The Morgan fingerprint density at radius 1 is 1.52 bits per heavy atom. The minimum atomic E-state index is -0.0437. The molecule has 0 aromatic carbocycles. The third kappa shape index (κ3) is 2.35. The van der Waals surface area contributed by atoms with Crippen molar-refractivity contribution in [3.8, 4) is 0 Å². The van der Waals surface area contributed by atoms with Crippen LogP contribution in [-0.4, -0.2) is 35.3 Å². The summed E-state index contributed by atoms with van der Waals surface area (Å²) in [6.45, 7) is 0. The minimum Gasteiger partial charge on any atom is -0.346 e. The lowest BCUT2D eigenvalue weighted by molar-refractivity contribution is 0.0925. The molecule has 2 aliphatic heterocycles. The number of carbonyl (C=O) groups excluding carboxylic acids is 1. The molecule has 110 valence electrons. The summed E-state index contributed by atoms with van der Waals surface area (Å²) in [5.41, 5.74) is 0.535. The van der Waals surface area contributed by atoms with E-state index < -0.39 is 0 Å². The molecular formula is C15H17N3OS2. The van der Waals surface area contributed by atoms with Gasteiger partial charge in [-0.1, -0.05) is 0 Å². The van der Waals surface area contributed by atoms with Gasteiger partial charge in [-0.25, -0.2) is 4.98 Å². The van der Waals surface area contributed by atoms with Crippen molar-refractivity contribution in [1.29, 1.82) is 0 Å². The van der Waals surface area contributed by atoms with Gasteiger partial charge in [0.05, 0.1) is 4.70 Å². The van der Waals surface area contributed by atoms with Gasteiger partial charge in [0.25, 0.3) is 5.91 Å². The van der Waals surface area contributed by atoms with Crippen molar-refractivity contribution in [2.75, 3.05) is 6.26 Å². The fourth-order valence-electron chi connectivity index (χ4n) is 3.43. The number of nitrogens with one attached hydrogen (secondary N) is 2. The Hall–Kier alpha value is -1.11. The molecule has 4 heterocycles. The van der Waals surface area contributed by atoms with Gasteiger partial charge in [0.2, 0.25) is 0 Å². The predicted octanol–water partition coefficient (Wildman–Crippen LogP) is 2.64. The molecule has 3 atom stereocenters. The number of nitrogens with zero attached hydrogens (tertiary/aromatic N) is 1. The Morgan fingerprint density at radius 3 is 3.14 bits per heavy atom. The molecular weight excluding hydrogens is 302 g/mol. The number of hydrogen-bond acceptors (Lipinski definition) is 5. The van der Waals surface area contributed by atoms with Gasteiger partial charge in [0.15, 0.2) is 0 Å². The lowest BCUT2D eigenvalue weighted by Gasteiger charge is -2.21. The number of fused-ring (bicyclic) bond motifs is 3. The standard InChI is InChI=1S/C15H17N3OS2/c1-20-15-13-8(4-5-21-13)6-12(18-15)14(19)17-11-7-9-2-3-10(11)16-9/h4-6,9-11,16H,2-3,7H2,1H3,(H,17,19)/t9-,10+,11-/m1/s1. The molecule has 2 aromatic rings. The summed E-state index contributed by atoms with van der Waals surface area (Å²) in [6.07, 6.45) is 5.46. The molecule has 2 fully saturated rings. The summed E-state index contributed by atoms with van der Waals surface area (Å²) < 4.78 is 1.17. The van der Waals surface area contributed by atoms with Gasteiger partial charge in [-0.15, -0.1) is 23.1 Å². The summed E-state index contributed by atoms with van der Waals surface area (Å²) in [6, 6.07) is 5.26. The first-order valence-corrected chi connectivity index (χ1v) is 9.34. The van der Waals surface area contributed by atoms with Gasteiger partial charge in [0.1, 0.15) is 10.7 Å². The number of rotatable bonds is 3. The smallest absolute Gasteiger partial charge is 0.270 e. The van der Waals surface area contributed by atoms with Crippen molar-refractivity contribution in [2.45, 2.75) is 42.4 Å². The summed E-state index contributed by atoms with van der Waals surface area (Å²) in [4.78, 5) is 17.0. The molecule has 6 heteroatoms.